The SMILES string of the molecule is CC(C)(C)[C@H]1CCc2onc(C(=O)N3CCc4ccccc4C3)c2C1. The highest BCUT2D eigenvalue weighted by molar-refractivity contribution is 5.94. The van der Waals surface area contributed by atoms with E-state index in [9.17, 15) is 4.79 Å². The molecule has 2 aliphatic rings. The van der Waals surface area contributed by atoms with E-state index in [1.54, 1.807) is 0 Å². The van der Waals surface area contributed by atoms with Crippen LogP contribution in [-0.2, 0) is 25.8 Å². The van der Waals surface area contributed by atoms with E-state index in [1.807, 2.05) is 11.0 Å². The van der Waals surface area contributed by atoms with E-state index in [1.165, 1.54) is 11.1 Å². The number of hydrogen-bond donors (Lipinski definition) is 0. The van der Waals surface area contributed by atoms with E-state index >= 15 is 0 Å². The van der Waals surface area contributed by atoms with E-state index in [2.05, 4.69) is 44.1 Å². The topological polar surface area (TPSA) is 46.3 Å². The third-order valence-electron chi connectivity index (χ3n) is 5.89. The molecule has 0 N–H and O–H groups in total. The standard InChI is InChI=1S/C21H26N2O2/c1-21(2,3)16-8-9-18-17(12-16)19(22-25-18)20(24)23-11-10-14-6-4-5-7-15(14)13-23/h4-7,16H,8-13H2,1-3H3/t16-/m0/s1. The molecule has 2 aromatic rings. The van der Waals surface area contributed by atoms with Crippen LogP contribution in [0.3, 0.4) is 0 Å². The lowest BCUT2D eigenvalue weighted by Crippen LogP contribution is -2.37. The van der Waals surface area contributed by atoms with Gasteiger partial charge in [0, 0.05) is 25.1 Å². The van der Waals surface area contributed by atoms with Gasteiger partial charge in [0.1, 0.15) is 5.76 Å². The normalized spacial score (nSPS) is 20.1. The first-order valence-electron chi connectivity index (χ1n) is 9.27. The molecule has 4 nitrogen and oxygen atoms in total. The van der Waals surface area contributed by atoms with Crippen molar-refractivity contribution in [1.82, 2.24) is 10.1 Å². The Bertz CT molecular complexity index is 800. The van der Waals surface area contributed by atoms with Crippen LogP contribution in [0.15, 0.2) is 28.8 Å². The van der Waals surface area contributed by atoms with Crippen LogP contribution in [0.4, 0.5) is 0 Å². The van der Waals surface area contributed by atoms with Crippen LogP contribution in [0.5, 0.6) is 0 Å². The molecule has 4 rings (SSSR count). The summed E-state index contributed by atoms with van der Waals surface area (Å²) < 4.78 is 5.53. The van der Waals surface area contributed by atoms with Gasteiger partial charge in [0.05, 0.1) is 0 Å². The van der Waals surface area contributed by atoms with Crippen LogP contribution < -0.4 is 0 Å². The summed E-state index contributed by atoms with van der Waals surface area (Å²) in [6, 6.07) is 8.38. The minimum absolute atomic E-state index is 0.0223. The molecule has 1 amide bonds. The van der Waals surface area contributed by atoms with Crippen molar-refractivity contribution in [3.05, 3.63) is 52.4 Å². The molecule has 0 fully saturated rings. The fourth-order valence-electron chi connectivity index (χ4n) is 4.13. The van der Waals surface area contributed by atoms with Crippen molar-refractivity contribution in [2.75, 3.05) is 6.54 Å². The number of aromatic nitrogens is 1. The van der Waals surface area contributed by atoms with Crippen molar-refractivity contribution in [3.8, 4) is 0 Å². The highest BCUT2D eigenvalue weighted by Crippen LogP contribution is 2.38. The van der Waals surface area contributed by atoms with Gasteiger partial charge in [-0.05, 0) is 41.7 Å². The molecule has 4 heteroatoms. The summed E-state index contributed by atoms with van der Waals surface area (Å²) in [6.07, 6.45) is 3.80. The average Bonchev–Trinajstić information content (AvgIpc) is 3.03. The number of carbonyl (C=O) groups is 1. The molecule has 1 atom stereocenters. The number of fused-ring (bicyclic) bond motifs is 2. The molecular weight excluding hydrogens is 312 g/mol. The maximum Gasteiger partial charge on any atom is 0.276 e. The Labute approximate surface area is 149 Å². The summed E-state index contributed by atoms with van der Waals surface area (Å²) in [5.41, 5.74) is 4.42. The Kier molecular flexibility index (Phi) is 3.94. The lowest BCUT2D eigenvalue weighted by Gasteiger charge is -2.33. The number of nitrogens with zero attached hydrogens (tertiary/aromatic N) is 2. The number of rotatable bonds is 1. The summed E-state index contributed by atoms with van der Waals surface area (Å²) in [5.74, 6) is 1.50. The van der Waals surface area contributed by atoms with E-state index in [0.717, 1.165) is 43.6 Å². The Morgan fingerprint density at radius 3 is 2.72 bits per heavy atom. The zero-order valence-corrected chi connectivity index (χ0v) is 15.3. The first-order chi connectivity index (χ1) is 11.9. The molecule has 1 aromatic carbocycles. The molecule has 1 aromatic heterocycles. The second-order valence-electron chi connectivity index (χ2n) is 8.48. The summed E-state index contributed by atoms with van der Waals surface area (Å²) >= 11 is 0. The summed E-state index contributed by atoms with van der Waals surface area (Å²) in [6.45, 7) is 8.25. The van der Waals surface area contributed by atoms with Gasteiger partial charge in [-0.15, -0.1) is 0 Å². The Hall–Kier alpha value is -2.10. The Morgan fingerprint density at radius 2 is 1.96 bits per heavy atom. The number of aryl methyl sites for hydroxylation is 1. The Balaban J connectivity index is 1.58. The van der Waals surface area contributed by atoms with Crippen molar-refractivity contribution < 1.29 is 9.32 Å². The van der Waals surface area contributed by atoms with Crippen molar-refractivity contribution in [2.24, 2.45) is 11.3 Å². The molecule has 1 aliphatic carbocycles. The van der Waals surface area contributed by atoms with Crippen LogP contribution in [0.1, 0.15) is 60.1 Å². The van der Waals surface area contributed by atoms with Gasteiger partial charge in [-0.3, -0.25) is 4.79 Å². The molecule has 0 spiro atoms. The quantitative estimate of drug-likeness (QED) is 0.789. The second kappa shape index (κ2) is 6.01. The fraction of sp³-hybridized carbons (Fsp3) is 0.524. The molecule has 0 saturated heterocycles. The van der Waals surface area contributed by atoms with Crippen LogP contribution >= 0.6 is 0 Å². The van der Waals surface area contributed by atoms with Crippen LogP contribution in [0.2, 0.25) is 0 Å². The van der Waals surface area contributed by atoms with Crippen LogP contribution in [-0.4, -0.2) is 22.5 Å². The maximum absolute atomic E-state index is 13.1. The number of benzene rings is 1. The summed E-state index contributed by atoms with van der Waals surface area (Å²) in [5, 5.41) is 4.18. The molecule has 0 radical (unpaired) electrons. The molecule has 2 heterocycles. The van der Waals surface area contributed by atoms with Gasteiger partial charge in [-0.25, -0.2) is 0 Å². The van der Waals surface area contributed by atoms with Gasteiger partial charge in [0.15, 0.2) is 5.69 Å². The highest BCUT2D eigenvalue weighted by atomic mass is 16.5. The van der Waals surface area contributed by atoms with Crippen molar-refractivity contribution >= 4 is 5.91 Å². The molecular formula is C21H26N2O2. The fourth-order valence-corrected chi connectivity index (χ4v) is 4.13. The molecule has 1 aliphatic heterocycles. The third kappa shape index (κ3) is 2.99. The highest BCUT2D eigenvalue weighted by Gasteiger charge is 2.35. The molecule has 0 bridgehead atoms. The minimum Gasteiger partial charge on any atom is -0.360 e. The van der Waals surface area contributed by atoms with Crippen molar-refractivity contribution in [1.29, 1.82) is 0 Å². The smallest absolute Gasteiger partial charge is 0.276 e. The lowest BCUT2D eigenvalue weighted by molar-refractivity contribution is 0.0722. The van der Waals surface area contributed by atoms with Gasteiger partial charge in [0.2, 0.25) is 0 Å². The van der Waals surface area contributed by atoms with E-state index < -0.39 is 0 Å². The average molecular weight is 338 g/mol. The van der Waals surface area contributed by atoms with Gasteiger partial charge in [-0.1, -0.05) is 50.2 Å². The summed E-state index contributed by atoms with van der Waals surface area (Å²) in [4.78, 5) is 15.0. The lowest BCUT2D eigenvalue weighted by atomic mass is 9.71. The minimum atomic E-state index is 0.0223. The maximum atomic E-state index is 13.1. The molecule has 25 heavy (non-hydrogen) atoms. The van der Waals surface area contributed by atoms with E-state index in [-0.39, 0.29) is 11.3 Å². The van der Waals surface area contributed by atoms with Crippen molar-refractivity contribution in [2.45, 2.75) is 53.0 Å². The zero-order valence-electron chi connectivity index (χ0n) is 15.3. The number of carbonyl (C=O) groups excluding carboxylic acids is 1. The predicted molar refractivity (Wildman–Crippen MR) is 96.4 cm³/mol. The number of amides is 1. The third-order valence-corrected chi connectivity index (χ3v) is 5.89. The predicted octanol–water partition coefficient (Wildman–Crippen LogP) is 4.02. The van der Waals surface area contributed by atoms with Gasteiger partial charge >= 0.3 is 0 Å². The van der Waals surface area contributed by atoms with Gasteiger partial charge < -0.3 is 9.42 Å². The molecule has 0 unspecified atom stereocenters. The Morgan fingerprint density at radius 1 is 1.20 bits per heavy atom. The molecule has 0 saturated carbocycles. The molecule has 132 valence electrons. The largest absolute Gasteiger partial charge is 0.360 e. The first-order valence-corrected chi connectivity index (χ1v) is 9.27. The monoisotopic (exact) mass is 338 g/mol. The van der Waals surface area contributed by atoms with E-state index in [4.69, 9.17) is 4.52 Å². The van der Waals surface area contributed by atoms with Crippen LogP contribution in [0.25, 0.3) is 0 Å². The van der Waals surface area contributed by atoms with Gasteiger partial charge in [-0.2, -0.15) is 0 Å². The van der Waals surface area contributed by atoms with E-state index in [0.29, 0.717) is 18.2 Å². The number of hydrogen-bond acceptors (Lipinski definition) is 3. The first kappa shape index (κ1) is 16.4. The van der Waals surface area contributed by atoms with Crippen LogP contribution in [0, 0.1) is 11.3 Å². The summed E-state index contributed by atoms with van der Waals surface area (Å²) in [7, 11) is 0. The second-order valence-corrected chi connectivity index (χ2v) is 8.48. The van der Waals surface area contributed by atoms with Gasteiger partial charge in [0.25, 0.3) is 5.91 Å². The zero-order chi connectivity index (χ0) is 17.6. The van der Waals surface area contributed by atoms with Crippen molar-refractivity contribution in [3.63, 3.8) is 0 Å².